The topological polar surface area (TPSA) is 99.9 Å². The minimum atomic E-state index is -3.69. The number of hydrogen-bond acceptors (Lipinski definition) is 5. The van der Waals surface area contributed by atoms with Crippen LogP contribution < -0.4 is 9.62 Å². The number of likely N-dealkylation sites (tertiary alicyclic amines) is 1. The number of furan rings is 1. The largest absolute Gasteiger partial charge is 0.455 e. The minimum Gasteiger partial charge on any atom is -0.455 e. The predicted molar refractivity (Wildman–Crippen MR) is 182 cm³/mol. The molecule has 1 atom stereocenters. The molecule has 0 bridgehead atoms. The molecule has 1 saturated heterocycles. The van der Waals surface area contributed by atoms with Crippen LogP contribution in [0, 0.1) is 5.82 Å². The van der Waals surface area contributed by atoms with Gasteiger partial charge in [-0.05, 0) is 59.9 Å². The van der Waals surface area contributed by atoms with E-state index < -0.39 is 27.7 Å². The maximum atomic E-state index is 14.4. The maximum absolute atomic E-state index is 14.4. The number of carbonyl (C=O) groups excluding carboxylic acids is 2. The number of sulfonamides is 1. The maximum Gasteiger partial charge on any atom is 0.255 e. The minimum absolute atomic E-state index is 0.0286. The zero-order valence-corrected chi connectivity index (χ0v) is 27.3. The lowest BCUT2D eigenvalue weighted by Gasteiger charge is -2.36. The average Bonchev–Trinajstić information content (AvgIpc) is 3.46. The Labute approximate surface area is 273 Å². The van der Waals surface area contributed by atoms with Crippen molar-refractivity contribution >= 4 is 38.5 Å². The normalized spacial score (nSPS) is 15.2. The fourth-order valence-electron chi connectivity index (χ4n) is 6.46. The molecule has 47 heavy (non-hydrogen) atoms. The molecule has 0 saturated carbocycles. The van der Waals surface area contributed by atoms with Gasteiger partial charge in [-0.1, -0.05) is 60.7 Å². The summed E-state index contributed by atoms with van der Waals surface area (Å²) in [6.07, 6.45) is 2.55. The van der Waals surface area contributed by atoms with Crippen LogP contribution in [0.5, 0.6) is 0 Å². The molecular weight excluding hydrogens is 617 g/mol. The molecule has 1 fully saturated rings. The molecule has 2 heterocycles. The lowest BCUT2D eigenvalue weighted by atomic mass is 9.85. The number of nitrogens with one attached hydrogen (secondary N) is 1. The van der Waals surface area contributed by atoms with Crippen LogP contribution in [0.2, 0.25) is 0 Å². The number of anilines is 1. The number of piperidine rings is 1. The van der Waals surface area contributed by atoms with Crippen LogP contribution in [0.4, 0.5) is 10.1 Å². The second-order valence-corrected chi connectivity index (χ2v) is 13.9. The highest BCUT2D eigenvalue weighted by molar-refractivity contribution is 7.92. The first-order chi connectivity index (χ1) is 22.6. The van der Waals surface area contributed by atoms with Gasteiger partial charge in [-0.15, -0.1) is 0 Å². The zero-order chi connectivity index (χ0) is 33.3. The fraction of sp³-hybridized carbons (Fsp3) is 0.243. The molecule has 0 unspecified atom stereocenters. The van der Waals surface area contributed by atoms with E-state index in [9.17, 15) is 22.4 Å². The molecule has 2 amide bonds. The van der Waals surface area contributed by atoms with Crippen molar-refractivity contribution in [3.8, 4) is 11.3 Å². The molecule has 8 nitrogen and oxygen atoms in total. The fourth-order valence-corrected chi connectivity index (χ4v) is 6.98. The molecule has 1 aliphatic heterocycles. The second-order valence-electron chi connectivity index (χ2n) is 11.9. The highest BCUT2D eigenvalue weighted by Gasteiger charge is 2.34. The zero-order valence-electron chi connectivity index (χ0n) is 26.4. The van der Waals surface area contributed by atoms with Gasteiger partial charge in [0.1, 0.15) is 17.2 Å². The summed E-state index contributed by atoms with van der Waals surface area (Å²) in [5.74, 6) is -1.33. The van der Waals surface area contributed by atoms with Crippen LogP contribution in [0.1, 0.15) is 51.7 Å². The molecule has 1 aliphatic rings. The Morgan fingerprint density at radius 2 is 1.57 bits per heavy atom. The molecule has 10 heteroatoms. The third-order valence-corrected chi connectivity index (χ3v) is 10.1. The third-order valence-electron chi connectivity index (χ3n) is 8.92. The summed E-state index contributed by atoms with van der Waals surface area (Å²) in [7, 11) is -0.693. The summed E-state index contributed by atoms with van der Waals surface area (Å²) in [5.41, 5.74) is 3.97. The Kier molecular flexibility index (Phi) is 8.88. The standard InChI is InChI=1S/C37H36FN3O5S/c1-39-36(42)34-30-21-29(31(40(2)47(3,44)45)22-32(30)46-35(34)26-16-18-28(38)19-17-26)27-15-10-20-41(23-27)37(43)33(24-11-6-4-7-12-24)25-13-8-5-9-14-25/h4-9,11-14,16-19,21-22,27,33H,10,15,20,23H2,1-3H3,(H,39,42)/t27-/m0/s1. The van der Waals surface area contributed by atoms with Crippen LogP contribution in [-0.4, -0.2) is 58.6 Å². The monoisotopic (exact) mass is 653 g/mol. The molecule has 242 valence electrons. The molecule has 1 aromatic heterocycles. The summed E-state index contributed by atoms with van der Waals surface area (Å²) in [6.45, 7) is 0.929. The van der Waals surface area contributed by atoms with Gasteiger partial charge < -0.3 is 14.6 Å². The van der Waals surface area contributed by atoms with E-state index >= 15 is 0 Å². The van der Waals surface area contributed by atoms with E-state index in [0.29, 0.717) is 53.7 Å². The SMILES string of the molecule is CNC(=O)c1c(-c2ccc(F)cc2)oc2cc(N(C)S(C)(=O)=O)c([C@H]3CCCN(C(=O)C(c4ccccc4)c4ccccc4)C3)cc12. The van der Waals surface area contributed by atoms with E-state index in [1.54, 1.807) is 6.07 Å². The summed E-state index contributed by atoms with van der Waals surface area (Å²) in [4.78, 5) is 29.5. The first-order valence-electron chi connectivity index (χ1n) is 15.5. The van der Waals surface area contributed by atoms with Gasteiger partial charge in [-0.3, -0.25) is 13.9 Å². The van der Waals surface area contributed by atoms with Crippen LogP contribution >= 0.6 is 0 Å². The van der Waals surface area contributed by atoms with E-state index in [4.69, 9.17) is 4.42 Å². The number of nitrogens with zero attached hydrogens (tertiary/aromatic N) is 2. The second kappa shape index (κ2) is 13.0. The van der Waals surface area contributed by atoms with Crippen molar-refractivity contribution in [1.29, 1.82) is 0 Å². The first kappa shape index (κ1) is 32.0. The van der Waals surface area contributed by atoms with Crippen LogP contribution in [0.3, 0.4) is 0 Å². The van der Waals surface area contributed by atoms with Crippen molar-refractivity contribution in [2.75, 3.05) is 37.7 Å². The smallest absolute Gasteiger partial charge is 0.255 e. The Morgan fingerprint density at radius 3 is 2.15 bits per heavy atom. The van der Waals surface area contributed by atoms with Crippen LogP contribution in [-0.2, 0) is 14.8 Å². The number of amides is 2. The number of fused-ring (bicyclic) bond motifs is 1. The summed E-state index contributed by atoms with van der Waals surface area (Å²) in [5, 5.41) is 3.17. The Hall–Kier alpha value is -4.96. The summed E-state index contributed by atoms with van der Waals surface area (Å²) in [6, 6.07) is 28.5. The van der Waals surface area contributed by atoms with E-state index in [-0.39, 0.29) is 23.1 Å². The van der Waals surface area contributed by atoms with Crippen molar-refractivity contribution < 1.29 is 26.8 Å². The van der Waals surface area contributed by atoms with Gasteiger partial charge in [0.15, 0.2) is 0 Å². The Balaban J connectivity index is 1.46. The lowest BCUT2D eigenvalue weighted by molar-refractivity contribution is -0.133. The quantitative estimate of drug-likeness (QED) is 0.205. The van der Waals surface area contributed by atoms with Crippen molar-refractivity contribution in [3.63, 3.8) is 0 Å². The summed E-state index contributed by atoms with van der Waals surface area (Å²) >= 11 is 0. The third kappa shape index (κ3) is 6.38. The molecule has 0 aliphatic carbocycles. The van der Waals surface area contributed by atoms with Crippen molar-refractivity contribution in [3.05, 3.63) is 125 Å². The Morgan fingerprint density at radius 1 is 0.957 bits per heavy atom. The van der Waals surface area contributed by atoms with E-state index in [1.807, 2.05) is 71.6 Å². The van der Waals surface area contributed by atoms with Gasteiger partial charge in [0, 0.05) is 50.1 Å². The molecule has 0 spiro atoms. The van der Waals surface area contributed by atoms with Gasteiger partial charge in [-0.2, -0.15) is 0 Å². The van der Waals surface area contributed by atoms with Crippen molar-refractivity contribution in [1.82, 2.24) is 10.2 Å². The number of halogens is 1. The van der Waals surface area contributed by atoms with E-state index in [1.165, 1.54) is 42.7 Å². The molecule has 1 N–H and O–H groups in total. The van der Waals surface area contributed by atoms with E-state index in [0.717, 1.165) is 17.4 Å². The number of carbonyl (C=O) groups is 2. The molecular formula is C37H36FN3O5S. The van der Waals surface area contributed by atoms with E-state index in [2.05, 4.69) is 5.32 Å². The van der Waals surface area contributed by atoms with Gasteiger partial charge in [0.05, 0.1) is 23.4 Å². The number of benzene rings is 4. The predicted octanol–water partition coefficient (Wildman–Crippen LogP) is 6.53. The number of rotatable bonds is 8. The van der Waals surface area contributed by atoms with Crippen LogP contribution in [0.25, 0.3) is 22.3 Å². The lowest BCUT2D eigenvalue weighted by Crippen LogP contribution is -2.42. The number of hydrogen-bond donors (Lipinski definition) is 1. The first-order valence-corrected chi connectivity index (χ1v) is 17.3. The molecule has 6 rings (SSSR count). The van der Waals surface area contributed by atoms with Crippen LogP contribution in [0.15, 0.2) is 101 Å². The van der Waals surface area contributed by atoms with Gasteiger partial charge in [0.2, 0.25) is 15.9 Å². The van der Waals surface area contributed by atoms with Crippen molar-refractivity contribution in [2.45, 2.75) is 24.7 Å². The highest BCUT2D eigenvalue weighted by atomic mass is 32.2. The molecule has 5 aromatic rings. The Bertz CT molecular complexity index is 1990. The summed E-state index contributed by atoms with van der Waals surface area (Å²) < 4.78 is 47.0. The van der Waals surface area contributed by atoms with Crippen molar-refractivity contribution in [2.24, 2.45) is 0 Å². The van der Waals surface area contributed by atoms with Gasteiger partial charge in [-0.25, -0.2) is 12.8 Å². The molecule has 4 aromatic carbocycles. The highest BCUT2D eigenvalue weighted by Crippen LogP contribution is 2.42. The van der Waals surface area contributed by atoms with Gasteiger partial charge in [0.25, 0.3) is 5.91 Å². The average molecular weight is 654 g/mol. The van der Waals surface area contributed by atoms with Gasteiger partial charge >= 0.3 is 0 Å². The molecule has 0 radical (unpaired) electrons.